The molecule has 84 valence electrons. The zero-order chi connectivity index (χ0) is 11.1. The van der Waals surface area contributed by atoms with Crippen molar-refractivity contribution in [2.75, 3.05) is 13.1 Å². The Morgan fingerprint density at radius 1 is 1.40 bits per heavy atom. The summed E-state index contributed by atoms with van der Waals surface area (Å²) >= 11 is 0. The summed E-state index contributed by atoms with van der Waals surface area (Å²) in [4.78, 5) is 12.7. The molecule has 0 spiro atoms. The van der Waals surface area contributed by atoms with Gasteiger partial charge in [-0.1, -0.05) is 0 Å². The van der Waals surface area contributed by atoms with Crippen molar-refractivity contribution >= 4 is 5.97 Å². The summed E-state index contributed by atoms with van der Waals surface area (Å²) in [6, 6.07) is 2.74. The summed E-state index contributed by atoms with van der Waals surface area (Å²) in [6.45, 7) is 1.60. The maximum absolute atomic E-state index is 10.5. The van der Waals surface area contributed by atoms with Crippen LogP contribution in [0.25, 0.3) is 0 Å². The van der Waals surface area contributed by atoms with Crippen molar-refractivity contribution in [3.05, 3.63) is 0 Å². The second-order valence-corrected chi connectivity index (χ2v) is 4.03. The van der Waals surface area contributed by atoms with Crippen molar-refractivity contribution in [2.24, 2.45) is 0 Å². The molecule has 0 amide bonds. The van der Waals surface area contributed by atoms with Gasteiger partial charge in [0.2, 0.25) is 0 Å². The average Bonchev–Trinajstić information content (AvgIpc) is 3.00. The fourth-order valence-corrected chi connectivity index (χ4v) is 1.67. The lowest BCUT2D eigenvalue weighted by molar-refractivity contribution is -0.137. The van der Waals surface area contributed by atoms with Gasteiger partial charge in [-0.15, -0.1) is 0 Å². The number of aliphatic carboxylic acids is 1. The molecular formula is C11H18N2O2. The first-order valence-corrected chi connectivity index (χ1v) is 5.57. The molecule has 15 heavy (non-hydrogen) atoms. The average molecular weight is 210 g/mol. The predicted molar refractivity (Wildman–Crippen MR) is 56.3 cm³/mol. The van der Waals surface area contributed by atoms with Crippen LogP contribution in [0.4, 0.5) is 0 Å². The third kappa shape index (κ3) is 5.38. The van der Waals surface area contributed by atoms with Gasteiger partial charge >= 0.3 is 5.97 Å². The molecule has 1 aliphatic carbocycles. The molecule has 0 heterocycles. The summed E-state index contributed by atoms with van der Waals surface area (Å²) in [7, 11) is 0. The van der Waals surface area contributed by atoms with Crippen molar-refractivity contribution in [1.82, 2.24) is 4.90 Å². The van der Waals surface area contributed by atoms with Gasteiger partial charge in [0.05, 0.1) is 12.5 Å². The lowest BCUT2D eigenvalue weighted by Crippen LogP contribution is -2.29. The van der Waals surface area contributed by atoms with Gasteiger partial charge in [0.15, 0.2) is 0 Å². The number of nitriles is 1. The molecule has 0 radical (unpaired) electrons. The van der Waals surface area contributed by atoms with E-state index in [1.807, 2.05) is 0 Å². The lowest BCUT2D eigenvalue weighted by Gasteiger charge is -2.20. The van der Waals surface area contributed by atoms with Crippen LogP contribution < -0.4 is 0 Å². The minimum atomic E-state index is -0.724. The smallest absolute Gasteiger partial charge is 0.304 e. The molecule has 0 aromatic carbocycles. The first-order chi connectivity index (χ1) is 7.24. The Morgan fingerprint density at radius 2 is 2.13 bits per heavy atom. The highest BCUT2D eigenvalue weighted by Crippen LogP contribution is 2.27. The maximum Gasteiger partial charge on any atom is 0.304 e. The Hall–Kier alpha value is -1.08. The Kier molecular flexibility index (Phi) is 5.13. The molecule has 0 unspecified atom stereocenters. The molecule has 1 fully saturated rings. The van der Waals surface area contributed by atoms with Crippen LogP contribution in [0.2, 0.25) is 0 Å². The maximum atomic E-state index is 10.5. The van der Waals surface area contributed by atoms with Crippen molar-refractivity contribution in [2.45, 2.75) is 44.6 Å². The van der Waals surface area contributed by atoms with Crippen LogP contribution in [-0.2, 0) is 4.79 Å². The molecule has 4 heteroatoms. The van der Waals surface area contributed by atoms with Crippen LogP contribution >= 0.6 is 0 Å². The van der Waals surface area contributed by atoms with Gasteiger partial charge in [-0.05, 0) is 32.2 Å². The van der Waals surface area contributed by atoms with Crippen molar-refractivity contribution in [3.8, 4) is 6.07 Å². The van der Waals surface area contributed by atoms with Gasteiger partial charge in [-0.2, -0.15) is 5.26 Å². The standard InChI is InChI=1S/C11H18N2O2/c12-7-2-1-3-8-13(10-4-5-10)9-6-11(14)15/h10H,1-6,8-9H2,(H,14,15). The van der Waals surface area contributed by atoms with Crippen molar-refractivity contribution < 1.29 is 9.90 Å². The summed E-state index contributed by atoms with van der Waals surface area (Å²) in [5, 5.41) is 17.0. The van der Waals surface area contributed by atoms with Crippen molar-refractivity contribution in [3.63, 3.8) is 0 Å². The molecule has 0 aromatic rings. The van der Waals surface area contributed by atoms with E-state index in [-0.39, 0.29) is 6.42 Å². The summed E-state index contributed by atoms with van der Waals surface area (Å²) in [5.41, 5.74) is 0. The molecule has 1 rings (SSSR count). The molecule has 0 atom stereocenters. The Morgan fingerprint density at radius 3 is 2.67 bits per heavy atom. The SMILES string of the molecule is N#CCCCCN(CCC(=O)O)C1CC1. The molecule has 0 aliphatic heterocycles. The summed E-state index contributed by atoms with van der Waals surface area (Å²) in [6.07, 6.45) is 5.18. The van der Waals surface area contributed by atoms with E-state index in [2.05, 4.69) is 11.0 Å². The zero-order valence-corrected chi connectivity index (χ0v) is 8.98. The van der Waals surface area contributed by atoms with E-state index in [0.29, 0.717) is 19.0 Å². The van der Waals surface area contributed by atoms with Crippen molar-refractivity contribution in [1.29, 1.82) is 5.26 Å². The third-order valence-electron chi connectivity index (χ3n) is 2.66. The molecule has 4 nitrogen and oxygen atoms in total. The number of hydrogen-bond donors (Lipinski definition) is 1. The van der Waals surface area contributed by atoms with E-state index >= 15 is 0 Å². The first-order valence-electron chi connectivity index (χ1n) is 5.57. The second-order valence-electron chi connectivity index (χ2n) is 4.03. The minimum Gasteiger partial charge on any atom is -0.481 e. The number of carboxylic acid groups (broad SMARTS) is 1. The molecular weight excluding hydrogens is 192 g/mol. The molecule has 1 aliphatic rings. The van der Waals surface area contributed by atoms with E-state index in [0.717, 1.165) is 19.4 Å². The number of rotatable bonds is 8. The number of carboxylic acids is 1. The fourth-order valence-electron chi connectivity index (χ4n) is 1.67. The monoisotopic (exact) mass is 210 g/mol. The van der Waals surface area contributed by atoms with Gasteiger partial charge in [0.1, 0.15) is 0 Å². The molecule has 0 saturated heterocycles. The van der Waals surface area contributed by atoms with Gasteiger partial charge in [0, 0.05) is 19.0 Å². The molecule has 0 aromatic heterocycles. The fraction of sp³-hybridized carbons (Fsp3) is 0.818. The van der Waals surface area contributed by atoms with Gasteiger partial charge in [-0.25, -0.2) is 0 Å². The van der Waals surface area contributed by atoms with Crippen LogP contribution in [0.5, 0.6) is 0 Å². The second kappa shape index (κ2) is 6.41. The van der Waals surface area contributed by atoms with E-state index in [4.69, 9.17) is 10.4 Å². The zero-order valence-electron chi connectivity index (χ0n) is 8.98. The number of unbranched alkanes of at least 4 members (excludes halogenated alkanes) is 2. The largest absolute Gasteiger partial charge is 0.481 e. The quantitative estimate of drug-likeness (QED) is 0.618. The topological polar surface area (TPSA) is 64.3 Å². The minimum absolute atomic E-state index is 0.231. The molecule has 1 saturated carbocycles. The summed E-state index contributed by atoms with van der Waals surface area (Å²) in [5.74, 6) is -0.724. The van der Waals surface area contributed by atoms with E-state index in [1.165, 1.54) is 12.8 Å². The Labute approximate surface area is 90.5 Å². The normalized spacial score (nSPS) is 15.2. The summed E-state index contributed by atoms with van der Waals surface area (Å²) < 4.78 is 0. The highest BCUT2D eigenvalue weighted by atomic mass is 16.4. The lowest BCUT2D eigenvalue weighted by atomic mass is 10.2. The Bertz CT molecular complexity index is 243. The van der Waals surface area contributed by atoms with Crippen LogP contribution in [0.1, 0.15) is 38.5 Å². The number of hydrogen-bond acceptors (Lipinski definition) is 3. The van der Waals surface area contributed by atoms with Crippen LogP contribution in [-0.4, -0.2) is 35.1 Å². The van der Waals surface area contributed by atoms with E-state index in [1.54, 1.807) is 0 Å². The van der Waals surface area contributed by atoms with Gasteiger partial charge in [-0.3, -0.25) is 9.69 Å². The predicted octanol–water partition coefficient (Wildman–Crippen LogP) is 1.62. The Balaban J connectivity index is 2.13. The number of carbonyl (C=O) groups is 1. The highest BCUT2D eigenvalue weighted by Gasteiger charge is 2.28. The molecule has 1 N–H and O–H groups in total. The van der Waals surface area contributed by atoms with Gasteiger partial charge in [0.25, 0.3) is 0 Å². The van der Waals surface area contributed by atoms with Crippen LogP contribution in [0.3, 0.4) is 0 Å². The van der Waals surface area contributed by atoms with Gasteiger partial charge < -0.3 is 5.11 Å². The van der Waals surface area contributed by atoms with Crippen LogP contribution in [0.15, 0.2) is 0 Å². The van der Waals surface area contributed by atoms with E-state index < -0.39 is 5.97 Å². The third-order valence-corrected chi connectivity index (χ3v) is 2.66. The number of nitrogens with zero attached hydrogens (tertiary/aromatic N) is 2. The van der Waals surface area contributed by atoms with Crippen LogP contribution in [0, 0.1) is 11.3 Å². The highest BCUT2D eigenvalue weighted by molar-refractivity contribution is 5.66. The first kappa shape index (κ1) is 12.0. The molecule has 0 bridgehead atoms. The van der Waals surface area contributed by atoms with E-state index in [9.17, 15) is 4.79 Å².